The van der Waals surface area contributed by atoms with Crippen LogP contribution in [0.4, 0.5) is 18.9 Å². The van der Waals surface area contributed by atoms with Crippen LogP contribution >= 0.6 is 0 Å². The van der Waals surface area contributed by atoms with Crippen molar-refractivity contribution in [2.75, 3.05) is 4.72 Å². The summed E-state index contributed by atoms with van der Waals surface area (Å²) < 4.78 is 66.0. The molecule has 0 aliphatic carbocycles. The Hall–Kier alpha value is -2.81. The van der Waals surface area contributed by atoms with E-state index < -0.39 is 21.9 Å². The van der Waals surface area contributed by atoms with Gasteiger partial charge in [-0.25, -0.2) is 13.1 Å². The summed E-state index contributed by atoms with van der Waals surface area (Å²) in [5.41, 5.74) is 0.601. The zero-order valence-corrected chi connectivity index (χ0v) is 14.3. The molecule has 0 fully saturated rings. The highest BCUT2D eigenvalue weighted by atomic mass is 32.2. The molecule has 0 atom stereocenters. The summed E-state index contributed by atoms with van der Waals surface area (Å²) in [5.74, 6) is 0. The first-order chi connectivity index (χ1) is 12.1. The van der Waals surface area contributed by atoms with Gasteiger partial charge in [-0.3, -0.25) is 4.72 Å². The van der Waals surface area contributed by atoms with Gasteiger partial charge in [0, 0.05) is 11.9 Å². The third-order valence-corrected chi connectivity index (χ3v) is 4.99. The van der Waals surface area contributed by atoms with E-state index in [1.165, 1.54) is 42.6 Å². The molecule has 0 aliphatic rings. The van der Waals surface area contributed by atoms with Crippen molar-refractivity contribution in [3.05, 3.63) is 72.1 Å². The number of halogens is 3. The Morgan fingerprint density at radius 1 is 0.962 bits per heavy atom. The van der Waals surface area contributed by atoms with Crippen molar-refractivity contribution in [2.45, 2.75) is 18.0 Å². The van der Waals surface area contributed by atoms with Crippen LogP contribution in [0.1, 0.15) is 11.3 Å². The number of anilines is 1. The molecule has 0 amide bonds. The molecule has 1 N–H and O–H groups in total. The summed E-state index contributed by atoms with van der Waals surface area (Å²) >= 11 is 0. The molecule has 0 unspecified atom stereocenters. The zero-order chi connectivity index (χ0) is 18.9. The average molecular weight is 381 g/mol. The second-order valence-corrected chi connectivity index (χ2v) is 7.29. The Morgan fingerprint density at radius 3 is 2.12 bits per heavy atom. The van der Waals surface area contributed by atoms with Gasteiger partial charge in [0.25, 0.3) is 10.0 Å². The Labute approximate surface area is 148 Å². The lowest BCUT2D eigenvalue weighted by atomic mass is 10.2. The lowest BCUT2D eigenvalue weighted by Crippen LogP contribution is -2.13. The predicted octanol–water partition coefficient (Wildman–Crippen LogP) is 4.00. The molecule has 1 heterocycles. The molecule has 0 aliphatic heterocycles. The maximum absolute atomic E-state index is 12.6. The highest BCUT2D eigenvalue weighted by Gasteiger charge is 2.33. The second kappa shape index (κ2) is 6.49. The first-order valence-corrected chi connectivity index (χ1v) is 8.96. The SMILES string of the molecule is Cc1ccc(S(=O)(=O)Nc2ccc(-n3ccc(C(F)(F)F)n3)cc2)cc1. The predicted molar refractivity (Wildman–Crippen MR) is 90.6 cm³/mol. The summed E-state index contributed by atoms with van der Waals surface area (Å²) in [6.07, 6.45) is -3.33. The monoisotopic (exact) mass is 381 g/mol. The molecule has 1 aromatic heterocycles. The molecule has 9 heteroatoms. The maximum atomic E-state index is 12.6. The van der Waals surface area contributed by atoms with Crippen LogP contribution in [0.5, 0.6) is 0 Å². The molecule has 2 aromatic carbocycles. The van der Waals surface area contributed by atoms with Crippen LogP contribution in [0, 0.1) is 6.92 Å². The molecule has 0 bridgehead atoms. The van der Waals surface area contributed by atoms with Gasteiger partial charge in [-0.15, -0.1) is 0 Å². The number of nitrogens with zero attached hydrogens (tertiary/aromatic N) is 2. The first-order valence-electron chi connectivity index (χ1n) is 7.48. The number of hydrogen-bond acceptors (Lipinski definition) is 3. The molecular weight excluding hydrogens is 367 g/mol. The van der Waals surface area contributed by atoms with Crippen molar-refractivity contribution in [3.8, 4) is 5.69 Å². The summed E-state index contributed by atoms with van der Waals surface area (Å²) in [4.78, 5) is 0.120. The van der Waals surface area contributed by atoms with Crippen molar-refractivity contribution in [2.24, 2.45) is 0 Å². The number of hydrogen-bond donors (Lipinski definition) is 1. The second-order valence-electron chi connectivity index (χ2n) is 5.61. The van der Waals surface area contributed by atoms with Crippen LogP contribution in [0.15, 0.2) is 65.7 Å². The highest BCUT2D eigenvalue weighted by molar-refractivity contribution is 7.92. The van der Waals surface area contributed by atoms with Crippen LogP contribution in [-0.4, -0.2) is 18.2 Å². The number of nitrogens with one attached hydrogen (secondary N) is 1. The van der Waals surface area contributed by atoms with Gasteiger partial charge >= 0.3 is 6.18 Å². The Balaban J connectivity index is 1.79. The van der Waals surface area contributed by atoms with Crippen LogP contribution in [0.25, 0.3) is 5.69 Å². The quantitative estimate of drug-likeness (QED) is 0.743. The minimum Gasteiger partial charge on any atom is -0.280 e. The molecule has 0 saturated heterocycles. The van der Waals surface area contributed by atoms with E-state index in [0.29, 0.717) is 5.69 Å². The molecule has 0 spiro atoms. The summed E-state index contributed by atoms with van der Waals surface area (Å²) in [6.45, 7) is 1.85. The Morgan fingerprint density at radius 2 is 1.58 bits per heavy atom. The van der Waals surface area contributed by atoms with Gasteiger partial charge in [-0.2, -0.15) is 18.3 Å². The van der Waals surface area contributed by atoms with Gasteiger partial charge in [-0.1, -0.05) is 17.7 Å². The van der Waals surface area contributed by atoms with Gasteiger partial charge in [0.15, 0.2) is 5.69 Å². The number of aryl methyl sites for hydroxylation is 1. The van der Waals surface area contributed by atoms with Crippen LogP contribution in [-0.2, 0) is 16.2 Å². The average Bonchev–Trinajstić information content (AvgIpc) is 3.06. The van der Waals surface area contributed by atoms with Crippen LogP contribution in [0.2, 0.25) is 0 Å². The molecule has 136 valence electrons. The van der Waals surface area contributed by atoms with E-state index >= 15 is 0 Å². The number of sulfonamides is 1. The molecule has 3 rings (SSSR count). The number of rotatable bonds is 4. The van der Waals surface area contributed by atoms with E-state index in [9.17, 15) is 21.6 Å². The van der Waals surface area contributed by atoms with E-state index in [4.69, 9.17) is 0 Å². The highest BCUT2D eigenvalue weighted by Crippen LogP contribution is 2.28. The molecular formula is C17H14F3N3O2S. The summed E-state index contributed by atoms with van der Waals surface area (Å²) in [5, 5.41) is 3.46. The number of benzene rings is 2. The summed E-state index contributed by atoms with van der Waals surface area (Å²) in [6, 6.07) is 13.1. The van der Waals surface area contributed by atoms with E-state index in [1.54, 1.807) is 12.1 Å². The van der Waals surface area contributed by atoms with Crippen LogP contribution in [0.3, 0.4) is 0 Å². The van der Waals surface area contributed by atoms with Crippen molar-refractivity contribution < 1.29 is 21.6 Å². The van der Waals surface area contributed by atoms with Crippen LogP contribution < -0.4 is 4.72 Å². The van der Waals surface area contributed by atoms with Crippen molar-refractivity contribution >= 4 is 15.7 Å². The van der Waals surface area contributed by atoms with E-state index in [-0.39, 0.29) is 10.6 Å². The zero-order valence-electron chi connectivity index (χ0n) is 13.5. The molecule has 3 aromatic rings. The molecule has 5 nitrogen and oxygen atoms in total. The Bertz CT molecular complexity index is 1010. The van der Waals surface area contributed by atoms with Gasteiger partial charge < -0.3 is 0 Å². The fraction of sp³-hybridized carbons (Fsp3) is 0.118. The normalized spacial score (nSPS) is 12.2. The smallest absolute Gasteiger partial charge is 0.280 e. The lowest BCUT2D eigenvalue weighted by molar-refractivity contribution is -0.141. The minimum absolute atomic E-state index is 0.120. The minimum atomic E-state index is -4.52. The fourth-order valence-corrected chi connectivity index (χ4v) is 3.29. The third-order valence-electron chi connectivity index (χ3n) is 3.59. The fourth-order valence-electron chi connectivity index (χ4n) is 2.23. The van der Waals surface area contributed by atoms with Crippen molar-refractivity contribution in [1.29, 1.82) is 0 Å². The van der Waals surface area contributed by atoms with Gasteiger partial charge in [0.1, 0.15) is 0 Å². The third kappa shape index (κ3) is 3.88. The van der Waals surface area contributed by atoms with Crippen molar-refractivity contribution in [3.63, 3.8) is 0 Å². The topological polar surface area (TPSA) is 64.0 Å². The number of alkyl halides is 3. The number of aromatic nitrogens is 2. The standard InChI is InChI=1S/C17H14F3N3O2S/c1-12-2-8-15(9-3-12)26(24,25)22-13-4-6-14(7-5-13)23-11-10-16(21-23)17(18,19)20/h2-11,22H,1H3. The van der Waals surface area contributed by atoms with Gasteiger partial charge in [0.2, 0.25) is 0 Å². The molecule has 0 saturated carbocycles. The van der Waals surface area contributed by atoms with Gasteiger partial charge in [0.05, 0.1) is 10.6 Å². The van der Waals surface area contributed by atoms with E-state index in [1.807, 2.05) is 6.92 Å². The lowest BCUT2D eigenvalue weighted by Gasteiger charge is -2.09. The van der Waals surface area contributed by atoms with Crippen molar-refractivity contribution in [1.82, 2.24) is 9.78 Å². The first kappa shape index (κ1) is 18.0. The van der Waals surface area contributed by atoms with Gasteiger partial charge in [-0.05, 0) is 49.4 Å². The molecule has 0 radical (unpaired) electrons. The Kier molecular flexibility index (Phi) is 4.49. The van der Waals surface area contributed by atoms with E-state index in [2.05, 4.69) is 9.82 Å². The largest absolute Gasteiger partial charge is 0.435 e. The maximum Gasteiger partial charge on any atom is 0.435 e. The summed E-state index contributed by atoms with van der Waals surface area (Å²) in [7, 11) is -3.74. The molecule has 26 heavy (non-hydrogen) atoms. The van der Waals surface area contributed by atoms with E-state index in [0.717, 1.165) is 16.3 Å².